The van der Waals surface area contributed by atoms with Crippen LogP contribution in [0.25, 0.3) is 0 Å². The zero-order chi connectivity index (χ0) is 13.1. The van der Waals surface area contributed by atoms with Crippen molar-refractivity contribution >= 4 is 6.09 Å². The van der Waals surface area contributed by atoms with E-state index in [4.69, 9.17) is 4.74 Å². The van der Waals surface area contributed by atoms with Gasteiger partial charge in [-0.3, -0.25) is 0 Å². The van der Waals surface area contributed by atoms with Gasteiger partial charge in [-0.2, -0.15) is 0 Å². The van der Waals surface area contributed by atoms with Gasteiger partial charge in [0.05, 0.1) is 5.60 Å². The van der Waals surface area contributed by atoms with Gasteiger partial charge in [0, 0.05) is 18.0 Å². The van der Waals surface area contributed by atoms with Crippen molar-refractivity contribution in [1.82, 2.24) is 4.90 Å². The van der Waals surface area contributed by atoms with Crippen LogP contribution in [-0.4, -0.2) is 39.9 Å². The average molecular weight is 241 g/mol. The van der Waals surface area contributed by atoms with Crippen LogP contribution in [-0.2, 0) is 4.74 Å². The molecule has 2 heterocycles. The highest BCUT2D eigenvalue weighted by atomic mass is 16.6. The van der Waals surface area contributed by atoms with Crippen molar-refractivity contribution in [3.63, 3.8) is 0 Å². The molecule has 0 aromatic rings. The van der Waals surface area contributed by atoms with Gasteiger partial charge in [0.2, 0.25) is 0 Å². The first-order valence-electron chi connectivity index (χ1n) is 6.26. The lowest BCUT2D eigenvalue weighted by Gasteiger charge is -2.45. The average Bonchev–Trinajstić information content (AvgIpc) is 2.49. The van der Waals surface area contributed by atoms with Gasteiger partial charge in [0.25, 0.3) is 0 Å². The Kier molecular flexibility index (Phi) is 2.52. The Morgan fingerprint density at radius 2 is 1.82 bits per heavy atom. The molecule has 98 valence electrons. The fraction of sp³-hybridized carbons (Fsp3) is 0.923. The summed E-state index contributed by atoms with van der Waals surface area (Å²) < 4.78 is 5.38. The molecular formula is C13H23NO3. The highest BCUT2D eigenvalue weighted by molar-refractivity contribution is 5.70. The summed E-state index contributed by atoms with van der Waals surface area (Å²) in [7, 11) is 0. The van der Waals surface area contributed by atoms with Crippen molar-refractivity contribution in [2.45, 2.75) is 64.7 Å². The van der Waals surface area contributed by atoms with E-state index >= 15 is 0 Å². The van der Waals surface area contributed by atoms with Crippen LogP contribution < -0.4 is 0 Å². The van der Waals surface area contributed by atoms with Crippen LogP contribution in [0.1, 0.15) is 47.5 Å². The largest absolute Gasteiger partial charge is 0.444 e. The molecule has 2 aliphatic heterocycles. The molecule has 0 aromatic heterocycles. The zero-order valence-electron chi connectivity index (χ0n) is 11.4. The van der Waals surface area contributed by atoms with Gasteiger partial charge >= 0.3 is 6.09 Å². The molecule has 3 fully saturated rings. The lowest BCUT2D eigenvalue weighted by molar-refractivity contribution is -0.0756. The fourth-order valence-electron chi connectivity index (χ4n) is 2.87. The number of ether oxygens (including phenoxy) is 1. The first-order chi connectivity index (χ1) is 7.54. The minimum atomic E-state index is -0.722. The topological polar surface area (TPSA) is 49.8 Å². The van der Waals surface area contributed by atoms with Gasteiger partial charge in [0.15, 0.2) is 0 Å². The Balaban J connectivity index is 2.02. The number of aliphatic hydroxyl groups is 1. The van der Waals surface area contributed by atoms with Crippen LogP contribution >= 0.6 is 0 Å². The molecule has 1 amide bonds. The van der Waals surface area contributed by atoms with Gasteiger partial charge < -0.3 is 14.7 Å². The third-order valence-corrected chi connectivity index (χ3v) is 4.09. The molecular weight excluding hydrogens is 218 g/mol. The standard InChI is InChI=1S/C13H23NO3/c1-11(2,3)17-10(15)14-8-13(12(4,5)16)6-9(14)7-13/h9,16H,6-8H2,1-5H3. The predicted molar refractivity (Wildman–Crippen MR) is 64.7 cm³/mol. The second-order valence-electron chi connectivity index (χ2n) is 7.01. The molecule has 4 heteroatoms. The van der Waals surface area contributed by atoms with Crippen molar-refractivity contribution in [2.24, 2.45) is 5.41 Å². The monoisotopic (exact) mass is 241 g/mol. The van der Waals surface area contributed by atoms with Crippen molar-refractivity contribution in [2.75, 3.05) is 6.54 Å². The van der Waals surface area contributed by atoms with Crippen LogP contribution in [0, 0.1) is 5.41 Å². The van der Waals surface area contributed by atoms with Crippen molar-refractivity contribution < 1.29 is 14.6 Å². The molecule has 2 saturated heterocycles. The lowest BCUT2D eigenvalue weighted by Crippen LogP contribution is -2.50. The van der Waals surface area contributed by atoms with E-state index in [0.717, 1.165) is 12.8 Å². The van der Waals surface area contributed by atoms with E-state index in [1.54, 1.807) is 4.90 Å². The van der Waals surface area contributed by atoms with E-state index in [1.807, 2.05) is 34.6 Å². The quantitative estimate of drug-likeness (QED) is 0.765. The number of rotatable bonds is 1. The van der Waals surface area contributed by atoms with Crippen LogP contribution in [0.15, 0.2) is 0 Å². The number of carbonyl (C=O) groups excluding carboxylic acids is 1. The second-order valence-corrected chi connectivity index (χ2v) is 7.01. The summed E-state index contributed by atoms with van der Waals surface area (Å²) in [4.78, 5) is 13.8. The van der Waals surface area contributed by atoms with E-state index in [0.29, 0.717) is 6.54 Å². The number of amides is 1. The molecule has 4 nitrogen and oxygen atoms in total. The molecule has 0 atom stereocenters. The maximum Gasteiger partial charge on any atom is 0.410 e. The third-order valence-electron chi connectivity index (χ3n) is 4.09. The van der Waals surface area contributed by atoms with Gasteiger partial charge in [0.1, 0.15) is 5.60 Å². The van der Waals surface area contributed by atoms with Crippen molar-refractivity contribution in [1.29, 1.82) is 0 Å². The van der Waals surface area contributed by atoms with Gasteiger partial charge in [-0.15, -0.1) is 0 Å². The Hall–Kier alpha value is -0.770. The smallest absolute Gasteiger partial charge is 0.410 e. The highest BCUT2D eigenvalue weighted by Gasteiger charge is 2.63. The molecule has 17 heavy (non-hydrogen) atoms. The molecule has 1 N–H and O–H groups in total. The highest BCUT2D eigenvalue weighted by Crippen LogP contribution is 2.57. The minimum Gasteiger partial charge on any atom is -0.444 e. The van der Waals surface area contributed by atoms with E-state index in [9.17, 15) is 9.90 Å². The number of hydrogen-bond acceptors (Lipinski definition) is 3. The third kappa shape index (κ3) is 2.03. The van der Waals surface area contributed by atoms with E-state index < -0.39 is 11.2 Å². The molecule has 1 saturated carbocycles. The van der Waals surface area contributed by atoms with E-state index in [2.05, 4.69) is 0 Å². The maximum absolute atomic E-state index is 12.0. The summed E-state index contributed by atoms with van der Waals surface area (Å²) in [5.41, 5.74) is -1.29. The summed E-state index contributed by atoms with van der Waals surface area (Å²) in [6.45, 7) is 9.91. The molecule has 3 rings (SSSR count). The number of nitrogens with zero attached hydrogens (tertiary/aromatic N) is 1. The summed E-state index contributed by atoms with van der Waals surface area (Å²) >= 11 is 0. The Morgan fingerprint density at radius 3 is 2.18 bits per heavy atom. The lowest BCUT2D eigenvalue weighted by atomic mass is 9.61. The predicted octanol–water partition coefficient (Wildman–Crippen LogP) is 2.16. The Labute approximate surface area is 103 Å². The van der Waals surface area contributed by atoms with E-state index in [-0.39, 0.29) is 17.6 Å². The van der Waals surface area contributed by atoms with Crippen LogP contribution in [0.4, 0.5) is 4.79 Å². The van der Waals surface area contributed by atoms with Crippen LogP contribution in [0.5, 0.6) is 0 Å². The van der Waals surface area contributed by atoms with Gasteiger partial charge in [-0.1, -0.05) is 0 Å². The number of carbonyl (C=O) groups is 1. The van der Waals surface area contributed by atoms with Gasteiger partial charge in [-0.25, -0.2) is 4.79 Å². The maximum atomic E-state index is 12.0. The molecule has 2 bridgehead atoms. The molecule has 0 unspecified atom stereocenters. The fourth-order valence-corrected chi connectivity index (χ4v) is 2.87. The van der Waals surface area contributed by atoms with Crippen LogP contribution in [0.2, 0.25) is 0 Å². The first kappa shape index (κ1) is 12.7. The molecule has 1 aliphatic carbocycles. The Bertz CT molecular complexity index is 332. The summed E-state index contributed by atoms with van der Waals surface area (Å²) in [6, 6.07) is 0.260. The van der Waals surface area contributed by atoms with Gasteiger partial charge in [-0.05, 0) is 47.5 Å². The Morgan fingerprint density at radius 1 is 1.29 bits per heavy atom. The summed E-state index contributed by atoms with van der Waals surface area (Å²) in [6.07, 6.45) is 1.55. The first-order valence-corrected chi connectivity index (χ1v) is 6.26. The molecule has 0 radical (unpaired) electrons. The minimum absolute atomic E-state index is 0.116. The van der Waals surface area contributed by atoms with Crippen LogP contribution in [0.3, 0.4) is 0 Å². The molecule has 3 aliphatic rings. The van der Waals surface area contributed by atoms with Crippen molar-refractivity contribution in [3.05, 3.63) is 0 Å². The zero-order valence-corrected chi connectivity index (χ0v) is 11.4. The summed E-state index contributed by atoms with van der Waals surface area (Å²) in [5.74, 6) is 0. The second kappa shape index (κ2) is 3.37. The number of fused-ring (bicyclic) bond motifs is 1. The molecule has 0 aromatic carbocycles. The van der Waals surface area contributed by atoms with Crippen molar-refractivity contribution in [3.8, 4) is 0 Å². The normalized spacial score (nSPS) is 32.4. The number of hydrogen-bond donors (Lipinski definition) is 1. The van der Waals surface area contributed by atoms with E-state index in [1.165, 1.54) is 0 Å². The summed E-state index contributed by atoms with van der Waals surface area (Å²) in [5, 5.41) is 10.2. The molecule has 0 spiro atoms. The SMILES string of the molecule is CC(C)(C)OC(=O)N1CC2(C(C)(C)O)CC1C2.